The summed E-state index contributed by atoms with van der Waals surface area (Å²) in [5.41, 5.74) is 4.92. The Bertz CT molecular complexity index is 738. The molecule has 5 nitrogen and oxygen atoms in total. The monoisotopic (exact) mass is 467 g/mol. The molecule has 1 heterocycles. The zero-order valence-electron chi connectivity index (χ0n) is 16.1. The number of rotatable bonds is 6. The highest BCUT2D eigenvalue weighted by molar-refractivity contribution is 14.0. The van der Waals surface area contributed by atoms with Crippen molar-refractivity contribution >= 4 is 29.9 Å². The number of nitrogens with one attached hydrogen (secondary N) is 2. The van der Waals surface area contributed by atoms with Gasteiger partial charge in [0.15, 0.2) is 5.96 Å². The molecule has 6 heteroatoms. The van der Waals surface area contributed by atoms with Gasteiger partial charge in [0.1, 0.15) is 0 Å². The van der Waals surface area contributed by atoms with Crippen molar-refractivity contribution < 1.29 is 0 Å². The smallest absolute Gasteiger partial charge is 0.191 e. The van der Waals surface area contributed by atoms with E-state index in [1.54, 1.807) is 0 Å². The third-order valence-electron chi connectivity index (χ3n) is 5.08. The van der Waals surface area contributed by atoms with E-state index in [9.17, 15) is 0 Å². The molecule has 0 aliphatic heterocycles. The third-order valence-corrected chi connectivity index (χ3v) is 5.08. The molecule has 2 atom stereocenters. The van der Waals surface area contributed by atoms with Gasteiger partial charge in [0.2, 0.25) is 0 Å². The van der Waals surface area contributed by atoms with Crippen LogP contribution >= 0.6 is 24.0 Å². The quantitative estimate of drug-likeness (QED) is 0.389. The molecule has 1 aliphatic carbocycles. The van der Waals surface area contributed by atoms with Crippen LogP contribution in [0, 0.1) is 19.8 Å². The van der Waals surface area contributed by atoms with Gasteiger partial charge in [-0.1, -0.05) is 30.3 Å². The Morgan fingerprint density at radius 3 is 2.58 bits per heavy atom. The lowest BCUT2D eigenvalue weighted by atomic mass is 10.1. The summed E-state index contributed by atoms with van der Waals surface area (Å²) in [5.74, 6) is 2.29. The van der Waals surface area contributed by atoms with Gasteiger partial charge in [-0.05, 0) is 44.6 Å². The minimum absolute atomic E-state index is 0. The van der Waals surface area contributed by atoms with Crippen molar-refractivity contribution in [1.29, 1.82) is 0 Å². The topological polar surface area (TPSA) is 54.2 Å². The van der Waals surface area contributed by atoms with Gasteiger partial charge < -0.3 is 10.6 Å². The first-order chi connectivity index (χ1) is 12.1. The van der Waals surface area contributed by atoms with Crippen molar-refractivity contribution in [3.05, 3.63) is 52.8 Å². The van der Waals surface area contributed by atoms with Gasteiger partial charge in [0, 0.05) is 31.4 Å². The van der Waals surface area contributed by atoms with Crippen LogP contribution in [0.4, 0.5) is 0 Å². The van der Waals surface area contributed by atoms with Gasteiger partial charge in [-0.3, -0.25) is 4.68 Å². The Morgan fingerprint density at radius 1 is 1.23 bits per heavy atom. The summed E-state index contributed by atoms with van der Waals surface area (Å²) < 4.78 is 1.93. The number of hydrogen-bond acceptors (Lipinski definition) is 2. The summed E-state index contributed by atoms with van der Waals surface area (Å²) in [6, 6.07) is 10.8. The van der Waals surface area contributed by atoms with Crippen LogP contribution in [-0.4, -0.2) is 28.8 Å². The lowest BCUT2D eigenvalue weighted by Gasteiger charge is -2.11. The highest BCUT2D eigenvalue weighted by Crippen LogP contribution is 2.46. The normalized spacial score (nSPS) is 19.0. The van der Waals surface area contributed by atoms with E-state index < -0.39 is 0 Å². The molecule has 1 aliphatic rings. The van der Waals surface area contributed by atoms with Gasteiger partial charge in [-0.15, -0.1) is 24.0 Å². The van der Waals surface area contributed by atoms with E-state index in [0.29, 0.717) is 18.4 Å². The predicted octanol–water partition coefficient (Wildman–Crippen LogP) is 3.51. The van der Waals surface area contributed by atoms with E-state index in [4.69, 9.17) is 4.99 Å². The number of aromatic nitrogens is 2. The van der Waals surface area contributed by atoms with Gasteiger partial charge in [-0.25, -0.2) is 4.99 Å². The molecule has 26 heavy (non-hydrogen) atoms. The first-order valence-electron chi connectivity index (χ1n) is 9.16. The van der Waals surface area contributed by atoms with Crippen LogP contribution in [0.15, 0.2) is 35.3 Å². The molecule has 0 radical (unpaired) electrons. The maximum atomic E-state index is 4.76. The van der Waals surface area contributed by atoms with Crippen molar-refractivity contribution in [1.82, 2.24) is 20.4 Å². The van der Waals surface area contributed by atoms with Crippen LogP contribution in [0.5, 0.6) is 0 Å². The van der Waals surface area contributed by atoms with Crippen molar-refractivity contribution in [2.45, 2.75) is 39.7 Å². The van der Waals surface area contributed by atoms with Crippen LogP contribution in [-0.2, 0) is 13.6 Å². The number of aryl methyl sites for hydroxylation is 2. The molecule has 1 aromatic carbocycles. The van der Waals surface area contributed by atoms with Crippen molar-refractivity contribution in [3.63, 3.8) is 0 Å². The van der Waals surface area contributed by atoms with Crippen LogP contribution < -0.4 is 10.6 Å². The van der Waals surface area contributed by atoms with Gasteiger partial charge in [0.05, 0.1) is 12.2 Å². The molecule has 2 unspecified atom stereocenters. The summed E-state index contributed by atoms with van der Waals surface area (Å²) in [5, 5.41) is 11.3. The van der Waals surface area contributed by atoms with Gasteiger partial charge in [0.25, 0.3) is 0 Å². The van der Waals surface area contributed by atoms with E-state index in [-0.39, 0.29) is 24.0 Å². The Kier molecular flexibility index (Phi) is 7.49. The summed E-state index contributed by atoms with van der Waals surface area (Å²) in [6.07, 6.45) is 1.26. The average Bonchev–Trinajstić information content (AvgIpc) is 3.35. The number of nitrogens with zero attached hydrogens (tertiary/aromatic N) is 3. The second-order valence-electron chi connectivity index (χ2n) is 6.86. The van der Waals surface area contributed by atoms with Crippen molar-refractivity contribution in [2.24, 2.45) is 18.0 Å². The summed E-state index contributed by atoms with van der Waals surface area (Å²) in [6.45, 7) is 8.74. The molecule has 2 aromatic rings. The second-order valence-corrected chi connectivity index (χ2v) is 6.86. The molecule has 0 saturated heterocycles. The molecule has 1 fully saturated rings. The van der Waals surface area contributed by atoms with E-state index in [2.05, 4.69) is 59.9 Å². The molecular weight excluding hydrogens is 437 g/mol. The lowest BCUT2D eigenvalue weighted by molar-refractivity contribution is 0.719. The first kappa shape index (κ1) is 20.7. The van der Waals surface area contributed by atoms with Gasteiger partial charge in [-0.2, -0.15) is 5.10 Å². The molecule has 1 saturated carbocycles. The summed E-state index contributed by atoms with van der Waals surface area (Å²) in [7, 11) is 1.98. The highest BCUT2D eigenvalue weighted by Gasteiger charge is 2.37. The maximum Gasteiger partial charge on any atom is 0.191 e. The van der Waals surface area contributed by atoms with Crippen LogP contribution in [0.2, 0.25) is 0 Å². The highest BCUT2D eigenvalue weighted by atomic mass is 127. The fraction of sp³-hybridized carbons (Fsp3) is 0.500. The minimum atomic E-state index is 0. The Hall–Kier alpha value is -1.57. The first-order valence-corrected chi connectivity index (χ1v) is 9.16. The summed E-state index contributed by atoms with van der Waals surface area (Å²) in [4.78, 5) is 4.76. The molecule has 0 bridgehead atoms. The SMILES string of the molecule is CCNC(=NCc1c(C)nn(C)c1C)NCC1CC1c1ccccc1.I. The Balaban J connectivity index is 0.00000243. The Labute approximate surface area is 173 Å². The van der Waals surface area contributed by atoms with E-state index >= 15 is 0 Å². The number of aliphatic imine (C=N–C) groups is 1. The number of halogens is 1. The average molecular weight is 467 g/mol. The van der Waals surface area contributed by atoms with Crippen LogP contribution in [0.1, 0.15) is 41.8 Å². The molecule has 1 aromatic heterocycles. The zero-order chi connectivity index (χ0) is 17.8. The third kappa shape index (κ3) is 4.99. The van der Waals surface area contributed by atoms with E-state index in [0.717, 1.165) is 24.7 Å². The second kappa shape index (κ2) is 9.39. The number of benzene rings is 1. The fourth-order valence-corrected chi connectivity index (χ4v) is 3.36. The number of hydrogen-bond donors (Lipinski definition) is 2. The fourth-order valence-electron chi connectivity index (χ4n) is 3.36. The molecule has 3 rings (SSSR count). The van der Waals surface area contributed by atoms with Crippen LogP contribution in [0.25, 0.3) is 0 Å². The largest absolute Gasteiger partial charge is 0.357 e. The van der Waals surface area contributed by atoms with Crippen molar-refractivity contribution in [2.75, 3.05) is 13.1 Å². The molecule has 2 N–H and O–H groups in total. The molecule has 0 spiro atoms. The molecule has 142 valence electrons. The van der Waals surface area contributed by atoms with Crippen molar-refractivity contribution in [3.8, 4) is 0 Å². The molecular formula is C20H30IN5. The summed E-state index contributed by atoms with van der Waals surface area (Å²) >= 11 is 0. The molecule has 0 amide bonds. The zero-order valence-corrected chi connectivity index (χ0v) is 18.5. The Morgan fingerprint density at radius 2 is 1.96 bits per heavy atom. The minimum Gasteiger partial charge on any atom is -0.357 e. The van der Waals surface area contributed by atoms with Crippen LogP contribution in [0.3, 0.4) is 0 Å². The van der Waals surface area contributed by atoms with E-state index in [1.807, 2.05) is 18.7 Å². The van der Waals surface area contributed by atoms with Gasteiger partial charge >= 0.3 is 0 Å². The maximum absolute atomic E-state index is 4.76. The standard InChI is InChI=1S/C20H29N5.HI/c1-5-21-20(23-13-19-14(2)24-25(4)15(19)3)22-12-17-11-18(17)16-9-7-6-8-10-16;/h6-10,17-18H,5,11-13H2,1-4H3,(H2,21,22,23);1H. The van der Waals surface area contributed by atoms with E-state index in [1.165, 1.54) is 23.2 Å². The predicted molar refractivity (Wildman–Crippen MR) is 118 cm³/mol. The number of guanidine groups is 1. The lowest BCUT2D eigenvalue weighted by Crippen LogP contribution is -2.38.